The quantitative estimate of drug-likeness (QED) is 0.105. The number of nitrogens with zero attached hydrogens (tertiary/aromatic N) is 2. The van der Waals surface area contributed by atoms with E-state index < -0.39 is 17.7 Å². The van der Waals surface area contributed by atoms with Gasteiger partial charge in [-0.1, -0.05) is 24.3 Å². The van der Waals surface area contributed by atoms with Crippen LogP contribution in [0.15, 0.2) is 60.5 Å². The molecule has 9 heteroatoms. The fraction of sp³-hybridized carbons (Fsp3) is 0.0909. The smallest absolute Gasteiger partial charge is 0.449 e. The fourth-order valence-corrected chi connectivity index (χ4v) is 3.54. The molecule has 1 aliphatic heterocycles. The van der Waals surface area contributed by atoms with Gasteiger partial charge in [0.05, 0.1) is 24.9 Å². The van der Waals surface area contributed by atoms with Crippen molar-refractivity contribution in [2.24, 2.45) is 0 Å². The van der Waals surface area contributed by atoms with Gasteiger partial charge in [-0.05, 0) is 36.1 Å². The second kappa shape index (κ2) is 10.7. The molecule has 3 heterocycles. The van der Waals surface area contributed by atoms with Gasteiger partial charge in [-0.2, -0.15) is 13.2 Å². The molecule has 0 atom stereocenters. The number of ketones is 1. The van der Waals surface area contributed by atoms with E-state index in [0.717, 1.165) is 32.8 Å². The van der Waals surface area contributed by atoms with E-state index in [2.05, 4.69) is 36.0 Å². The maximum Gasteiger partial charge on any atom is 0.449 e. The Morgan fingerprint density at radius 1 is 1.26 bits per heavy atom. The second-order valence-corrected chi connectivity index (χ2v) is 7.67. The van der Waals surface area contributed by atoms with Gasteiger partial charge in [-0.3, -0.25) is 14.4 Å². The number of fused-ring (bicyclic) bond motifs is 3. The molecule has 0 amide bonds. The number of allylic oxidation sites excluding steroid dienone is 2. The second-order valence-electron chi connectivity index (χ2n) is 6.38. The Balaban J connectivity index is 0.000000213. The SMILES string of the molecule is C=[N+]1[CH-]C=Cc2ccc3cccnc3c21.Cc1ccc(C(=[OH+])C=C(O)C(F)(F)F)s1.[Eu]. The number of rotatable bonds is 2. The molecule has 3 aromatic rings. The molecule has 0 fully saturated rings. The third kappa shape index (κ3) is 6.35. The average Bonchev–Trinajstić information content (AvgIpc) is 3.14. The normalized spacial score (nSPS) is 12.9. The molecular formula is C22H18EuF3N2O2S+. The predicted molar refractivity (Wildman–Crippen MR) is 114 cm³/mol. The number of halogens is 3. The van der Waals surface area contributed by atoms with Gasteiger partial charge >= 0.3 is 12.0 Å². The molecule has 31 heavy (non-hydrogen) atoms. The number of aryl methyl sites for hydroxylation is 1. The summed E-state index contributed by atoms with van der Waals surface area (Å²) in [5.74, 6) is -2.41. The van der Waals surface area contributed by atoms with Gasteiger partial charge in [0.1, 0.15) is 4.88 Å². The van der Waals surface area contributed by atoms with E-state index in [-0.39, 0.29) is 54.3 Å². The minimum atomic E-state index is -4.83. The number of hydrogen-bond donors (Lipinski definition) is 1. The number of benzene rings is 1. The summed E-state index contributed by atoms with van der Waals surface area (Å²) in [6.07, 6.45) is 1.34. The van der Waals surface area contributed by atoms with Crippen LogP contribution in [0.3, 0.4) is 0 Å². The molecule has 0 aliphatic carbocycles. The Kier molecular flexibility index (Phi) is 8.77. The molecule has 0 unspecified atom stereocenters. The number of aliphatic hydroxyl groups is 1. The van der Waals surface area contributed by atoms with Crippen LogP contribution in [0.2, 0.25) is 0 Å². The Bertz CT molecular complexity index is 1180. The van der Waals surface area contributed by atoms with Crippen molar-refractivity contribution in [2.75, 3.05) is 0 Å². The first-order valence-electron chi connectivity index (χ1n) is 8.76. The first-order chi connectivity index (χ1) is 14.2. The van der Waals surface area contributed by atoms with Crippen molar-refractivity contribution in [3.8, 4) is 0 Å². The van der Waals surface area contributed by atoms with E-state index in [1.54, 1.807) is 13.0 Å². The molecule has 1 aliphatic rings. The Morgan fingerprint density at radius 3 is 2.65 bits per heavy atom. The number of aliphatic hydroxyl groups excluding tert-OH is 1. The van der Waals surface area contributed by atoms with Crippen LogP contribution in [0.5, 0.6) is 0 Å². The Morgan fingerprint density at radius 2 is 2.00 bits per heavy atom. The van der Waals surface area contributed by atoms with E-state index in [1.807, 2.05) is 29.5 Å². The fourth-order valence-electron chi connectivity index (χ4n) is 2.76. The third-order valence-corrected chi connectivity index (χ3v) is 5.19. The van der Waals surface area contributed by atoms with Crippen LogP contribution in [-0.2, 0) is 0 Å². The van der Waals surface area contributed by atoms with Crippen molar-refractivity contribution in [3.05, 3.63) is 82.4 Å². The predicted octanol–water partition coefficient (Wildman–Crippen LogP) is 5.72. The first kappa shape index (κ1) is 25.5. The van der Waals surface area contributed by atoms with Crippen molar-refractivity contribution < 1.29 is 77.0 Å². The first-order valence-corrected chi connectivity index (χ1v) is 9.58. The summed E-state index contributed by atoms with van der Waals surface area (Å²) in [7, 11) is 0. The summed E-state index contributed by atoms with van der Waals surface area (Å²) in [6.45, 7) is 7.68. The van der Waals surface area contributed by atoms with Crippen molar-refractivity contribution >= 4 is 46.5 Å². The van der Waals surface area contributed by atoms with Crippen molar-refractivity contribution in [3.63, 3.8) is 0 Å². The minimum Gasteiger partial charge on any atom is -0.504 e. The maximum atomic E-state index is 11.9. The van der Waals surface area contributed by atoms with Crippen LogP contribution < -0.4 is 0 Å². The van der Waals surface area contributed by atoms with E-state index >= 15 is 0 Å². The van der Waals surface area contributed by atoms with Crippen LogP contribution in [0.4, 0.5) is 18.9 Å². The molecule has 0 bridgehead atoms. The van der Waals surface area contributed by atoms with Gasteiger partial charge in [-0.25, -0.2) is 0 Å². The average molecular weight is 583 g/mol. The van der Waals surface area contributed by atoms with Crippen molar-refractivity contribution in [1.82, 2.24) is 4.98 Å². The van der Waals surface area contributed by atoms with E-state index in [1.165, 1.54) is 11.6 Å². The Labute approximate surface area is 222 Å². The molecule has 1 aromatic carbocycles. The molecule has 2 aromatic heterocycles. The summed E-state index contributed by atoms with van der Waals surface area (Å²) >= 11 is 1.14. The number of aromatic nitrogens is 1. The molecule has 4 rings (SSSR count). The number of carbonyl (C=O) groups excluding carboxylic acids is 1. The van der Waals surface area contributed by atoms with Gasteiger partial charge in [0.15, 0.2) is 5.69 Å². The number of pyridine rings is 1. The Hall–Kier alpha value is -1.81. The summed E-state index contributed by atoms with van der Waals surface area (Å²) < 4.78 is 37.5. The van der Waals surface area contributed by atoms with E-state index in [9.17, 15) is 18.0 Å². The van der Waals surface area contributed by atoms with Gasteiger partial charge in [-0.15, -0.1) is 17.4 Å². The van der Waals surface area contributed by atoms with E-state index in [4.69, 9.17) is 5.11 Å². The molecule has 4 nitrogen and oxygen atoms in total. The molecular weight excluding hydrogens is 565 g/mol. The van der Waals surface area contributed by atoms with Crippen molar-refractivity contribution in [1.29, 1.82) is 0 Å². The summed E-state index contributed by atoms with van der Waals surface area (Å²) in [4.78, 5) is 14.8. The van der Waals surface area contributed by atoms with Gasteiger partial charge in [0, 0.05) is 60.5 Å². The standard InChI is InChI=1S/C13H10N2.C9H7F3O2S.Eu/c1-15-9-3-5-11-7-6-10-4-2-8-14-12(10)13(11)15;1-5-2-3-7(15-5)6(13)4-8(14)9(10,11)12;/h2-9H,1H2;2-4,14H,1H3;/p+1. The molecule has 161 valence electrons. The van der Waals surface area contributed by atoms with Crippen LogP contribution in [0.25, 0.3) is 17.0 Å². The zero-order valence-electron chi connectivity index (χ0n) is 16.3. The zero-order valence-corrected chi connectivity index (χ0v) is 19.5. The van der Waals surface area contributed by atoms with Gasteiger partial charge in [0.25, 0.3) is 0 Å². The summed E-state index contributed by atoms with van der Waals surface area (Å²) in [5, 5.41) is 9.73. The number of thiophene rings is 1. The van der Waals surface area contributed by atoms with Gasteiger partial charge < -0.3 is 5.11 Å². The topological polar surface area (TPSA) is 57.5 Å². The van der Waals surface area contributed by atoms with Gasteiger partial charge in [0.2, 0.25) is 5.76 Å². The van der Waals surface area contributed by atoms with Crippen LogP contribution in [0, 0.1) is 62.8 Å². The molecule has 2 N–H and O–H groups in total. The largest absolute Gasteiger partial charge is 0.504 e. The molecule has 0 saturated carbocycles. The zero-order chi connectivity index (χ0) is 21.9. The van der Waals surface area contributed by atoms with Crippen LogP contribution in [0.1, 0.15) is 15.3 Å². The number of alkyl halides is 3. The number of hydrogen-bond acceptors (Lipinski definition) is 3. The van der Waals surface area contributed by atoms with Crippen molar-refractivity contribution in [2.45, 2.75) is 13.1 Å². The third-order valence-electron chi connectivity index (χ3n) is 4.16. The maximum absolute atomic E-state index is 11.9. The molecule has 1 radical (unpaired) electrons. The molecule has 0 saturated heterocycles. The summed E-state index contributed by atoms with van der Waals surface area (Å²) in [6, 6.07) is 11.3. The van der Waals surface area contributed by atoms with E-state index in [0.29, 0.717) is 6.08 Å². The van der Waals surface area contributed by atoms with Crippen LogP contribution >= 0.6 is 11.3 Å². The molecule has 0 spiro atoms. The monoisotopic (exact) mass is 584 g/mol. The summed E-state index contributed by atoms with van der Waals surface area (Å²) in [5.41, 5.74) is 3.25. The van der Waals surface area contributed by atoms with Crippen LogP contribution in [-0.4, -0.2) is 38.1 Å². The minimum absolute atomic E-state index is 0.